The Hall–Kier alpha value is -3.11. The Bertz CT molecular complexity index is 1020. The molecular weight excluding hydrogens is 436 g/mol. The summed E-state index contributed by atoms with van der Waals surface area (Å²) in [5.41, 5.74) is 3.30. The van der Waals surface area contributed by atoms with Gasteiger partial charge in [0.1, 0.15) is 12.4 Å². The summed E-state index contributed by atoms with van der Waals surface area (Å²) in [6.07, 6.45) is 0.0343. The minimum Gasteiger partial charge on any atom is -0.490 e. The molecule has 1 atom stereocenters. The van der Waals surface area contributed by atoms with E-state index < -0.39 is 11.7 Å². The third kappa shape index (κ3) is 6.95. The second-order valence-electron chi connectivity index (χ2n) is 10.5. The molecule has 0 aliphatic carbocycles. The first-order valence-corrected chi connectivity index (χ1v) is 12.3. The van der Waals surface area contributed by atoms with Gasteiger partial charge in [0.25, 0.3) is 0 Å². The van der Waals surface area contributed by atoms with Crippen molar-refractivity contribution in [3.63, 3.8) is 0 Å². The predicted molar refractivity (Wildman–Crippen MR) is 142 cm³/mol. The molecular formula is C31H38O4. The number of para-hydroxylation sites is 1. The largest absolute Gasteiger partial charge is 0.490 e. The van der Waals surface area contributed by atoms with Gasteiger partial charge in [0, 0.05) is 16.5 Å². The lowest BCUT2D eigenvalue weighted by atomic mass is 9.90. The Balaban J connectivity index is 1.79. The first kappa shape index (κ1) is 26.5. The second kappa shape index (κ2) is 11.5. The maximum atomic E-state index is 12.7. The summed E-state index contributed by atoms with van der Waals surface area (Å²) in [6, 6.07) is 26.6. The molecule has 0 spiro atoms. The number of benzene rings is 3. The molecule has 35 heavy (non-hydrogen) atoms. The smallest absolute Gasteiger partial charge is 0.313 e. The Morgan fingerprint density at radius 2 is 1.26 bits per heavy atom. The van der Waals surface area contributed by atoms with Gasteiger partial charge in [-0.05, 0) is 31.4 Å². The fourth-order valence-corrected chi connectivity index (χ4v) is 3.54. The van der Waals surface area contributed by atoms with Gasteiger partial charge in [-0.15, -0.1) is 0 Å². The van der Waals surface area contributed by atoms with Crippen molar-refractivity contribution < 1.29 is 19.0 Å². The molecule has 3 aromatic carbocycles. The van der Waals surface area contributed by atoms with Crippen LogP contribution in [0.3, 0.4) is 0 Å². The van der Waals surface area contributed by atoms with E-state index >= 15 is 0 Å². The van der Waals surface area contributed by atoms with Crippen molar-refractivity contribution in [2.75, 3.05) is 13.2 Å². The summed E-state index contributed by atoms with van der Waals surface area (Å²) in [6.45, 7) is 12.4. The molecule has 0 saturated carbocycles. The molecule has 4 heteroatoms. The van der Waals surface area contributed by atoms with Crippen LogP contribution in [0.2, 0.25) is 0 Å². The highest BCUT2D eigenvalue weighted by molar-refractivity contribution is 5.82. The van der Waals surface area contributed by atoms with E-state index in [9.17, 15) is 4.79 Å². The van der Waals surface area contributed by atoms with Crippen molar-refractivity contribution in [3.05, 3.63) is 78.9 Å². The van der Waals surface area contributed by atoms with Crippen LogP contribution < -0.4 is 4.74 Å². The Kier molecular flexibility index (Phi) is 8.74. The zero-order chi connectivity index (χ0) is 25.5. The Morgan fingerprint density at radius 1 is 0.743 bits per heavy atom. The van der Waals surface area contributed by atoms with E-state index in [2.05, 4.69) is 42.5 Å². The molecule has 0 aliphatic rings. The Labute approximate surface area is 210 Å². The normalized spacial score (nSPS) is 12.7. The third-order valence-electron chi connectivity index (χ3n) is 6.14. The lowest BCUT2D eigenvalue weighted by Gasteiger charge is -2.33. The van der Waals surface area contributed by atoms with Crippen LogP contribution in [0.15, 0.2) is 78.9 Å². The van der Waals surface area contributed by atoms with E-state index in [0.29, 0.717) is 19.6 Å². The van der Waals surface area contributed by atoms with Crippen LogP contribution in [0.5, 0.6) is 5.75 Å². The highest BCUT2D eigenvalue weighted by Gasteiger charge is 2.35. The van der Waals surface area contributed by atoms with E-state index in [1.165, 1.54) is 0 Å². The molecule has 0 heterocycles. The third-order valence-corrected chi connectivity index (χ3v) is 6.14. The summed E-state index contributed by atoms with van der Waals surface area (Å²) in [5, 5.41) is 0. The first-order chi connectivity index (χ1) is 16.6. The molecule has 186 valence electrons. The summed E-state index contributed by atoms with van der Waals surface area (Å²) >= 11 is 0. The average molecular weight is 475 g/mol. The highest BCUT2D eigenvalue weighted by Crippen LogP contribution is 2.39. The minimum absolute atomic E-state index is 0.248. The van der Waals surface area contributed by atoms with Crippen LogP contribution in [0.1, 0.15) is 48.0 Å². The first-order valence-electron chi connectivity index (χ1n) is 12.3. The number of hydrogen-bond donors (Lipinski definition) is 0. The van der Waals surface area contributed by atoms with Gasteiger partial charge in [-0.2, -0.15) is 0 Å². The summed E-state index contributed by atoms with van der Waals surface area (Å²) in [7, 11) is 0. The summed E-state index contributed by atoms with van der Waals surface area (Å²) in [5.74, 6) is 0.562. The topological polar surface area (TPSA) is 44.8 Å². The standard InChI is InChI=1S/C31H38O4/c1-7-31(5,6)28(32)35-29(30(2,3)4)34-22-21-33-27-25(23-15-10-8-11-16-23)19-14-20-26(27)24-17-12-9-13-18-24/h8-20,29H,7,21-22H2,1-6H3. The van der Waals surface area contributed by atoms with E-state index in [-0.39, 0.29) is 11.4 Å². The van der Waals surface area contributed by atoms with E-state index in [1.807, 2.05) is 77.9 Å². The fourth-order valence-electron chi connectivity index (χ4n) is 3.54. The van der Waals surface area contributed by atoms with Crippen molar-refractivity contribution in [1.29, 1.82) is 0 Å². The van der Waals surface area contributed by atoms with E-state index in [0.717, 1.165) is 28.0 Å². The highest BCUT2D eigenvalue weighted by atomic mass is 16.7. The van der Waals surface area contributed by atoms with E-state index in [4.69, 9.17) is 14.2 Å². The number of esters is 1. The maximum Gasteiger partial charge on any atom is 0.313 e. The molecule has 4 nitrogen and oxygen atoms in total. The van der Waals surface area contributed by atoms with Gasteiger partial charge >= 0.3 is 5.97 Å². The minimum atomic E-state index is -0.664. The van der Waals surface area contributed by atoms with Gasteiger partial charge in [-0.25, -0.2) is 0 Å². The van der Waals surface area contributed by atoms with Crippen molar-refractivity contribution in [2.24, 2.45) is 10.8 Å². The monoisotopic (exact) mass is 474 g/mol. The van der Waals surface area contributed by atoms with Crippen LogP contribution >= 0.6 is 0 Å². The van der Waals surface area contributed by atoms with Gasteiger partial charge in [0.15, 0.2) is 0 Å². The van der Waals surface area contributed by atoms with Gasteiger partial charge in [-0.1, -0.05) is 107 Å². The molecule has 0 amide bonds. The molecule has 0 radical (unpaired) electrons. The van der Waals surface area contributed by atoms with Gasteiger partial charge in [0.05, 0.1) is 12.0 Å². The molecule has 3 rings (SSSR count). The number of carbonyl (C=O) groups excluding carboxylic acids is 1. The summed E-state index contributed by atoms with van der Waals surface area (Å²) < 4.78 is 18.2. The second-order valence-corrected chi connectivity index (χ2v) is 10.5. The molecule has 0 aromatic heterocycles. The van der Waals surface area contributed by atoms with Gasteiger partial charge < -0.3 is 14.2 Å². The number of hydrogen-bond acceptors (Lipinski definition) is 4. The Morgan fingerprint density at radius 3 is 1.71 bits per heavy atom. The van der Waals surface area contributed by atoms with Crippen LogP contribution in [-0.4, -0.2) is 25.5 Å². The van der Waals surface area contributed by atoms with Crippen molar-refractivity contribution in [3.8, 4) is 28.0 Å². The van der Waals surface area contributed by atoms with Gasteiger partial charge in [0.2, 0.25) is 6.29 Å². The SMILES string of the molecule is CCC(C)(C)C(=O)OC(OCCOc1c(-c2ccccc2)cccc1-c1ccccc1)C(C)(C)C. The molecule has 0 saturated heterocycles. The van der Waals surface area contributed by atoms with Crippen LogP contribution in [-0.2, 0) is 14.3 Å². The zero-order valence-electron chi connectivity index (χ0n) is 21.8. The van der Waals surface area contributed by atoms with Crippen LogP contribution in [0.25, 0.3) is 22.3 Å². The van der Waals surface area contributed by atoms with Gasteiger partial charge in [-0.3, -0.25) is 4.79 Å². The lowest BCUT2D eigenvalue weighted by Crippen LogP contribution is -2.39. The molecule has 0 bridgehead atoms. The molecule has 3 aromatic rings. The molecule has 0 fully saturated rings. The quantitative estimate of drug-likeness (QED) is 0.171. The molecule has 0 aliphatic heterocycles. The molecule has 1 unspecified atom stereocenters. The van der Waals surface area contributed by atoms with E-state index in [1.54, 1.807) is 0 Å². The maximum absolute atomic E-state index is 12.7. The predicted octanol–water partition coefficient (Wildman–Crippen LogP) is 7.77. The molecule has 0 N–H and O–H groups in total. The fraction of sp³-hybridized carbons (Fsp3) is 0.387. The lowest BCUT2D eigenvalue weighted by molar-refractivity contribution is -0.213. The zero-order valence-corrected chi connectivity index (χ0v) is 21.8. The van der Waals surface area contributed by atoms with Crippen LogP contribution in [0, 0.1) is 10.8 Å². The average Bonchev–Trinajstić information content (AvgIpc) is 2.86. The summed E-state index contributed by atoms with van der Waals surface area (Å²) in [4.78, 5) is 12.7. The van der Waals surface area contributed by atoms with Crippen molar-refractivity contribution in [1.82, 2.24) is 0 Å². The van der Waals surface area contributed by atoms with Crippen LogP contribution in [0.4, 0.5) is 0 Å². The van der Waals surface area contributed by atoms with Crippen molar-refractivity contribution in [2.45, 2.75) is 54.3 Å². The number of rotatable bonds is 10. The number of carbonyl (C=O) groups is 1. The van der Waals surface area contributed by atoms with Crippen molar-refractivity contribution >= 4 is 5.97 Å². The number of ether oxygens (including phenoxy) is 3.